The molecule has 2 aliphatic heterocycles. The fourth-order valence-corrected chi connectivity index (χ4v) is 5.37. The van der Waals surface area contributed by atoms with Gasteiger partial charge < -0.3 is 24.4 Å². The molecule has 9 heteroatoms. The Morgan fingerprint density at radius 2 is 1.84 bits per heavy atom. The van der Waals surface area contributed by atoms with Gasteiger partial charge in [0.05, 0.1) is 44.6 Å². The quantitative estimate of drug-likeness (QED) is 0.421. The maximum Gasteiger partial charge on any atom is 0.338 e. The summed E-state index contributed by atoms with van der Waals surface area (Å²) in [7, 11) is 3.14. The number of aliphatic imine (C=N–C) groups is 1. The number of nitrogens with zero attached hydrogens (tertiary/aromatic N) is 2. The molecule has 8 nitrogen and oxygen atoms in total. The number of esters is 1. The number of para-hydroxylation sites is 1. The highest BCUT2D eigenvalue weighted by Gasteiger charge is 2.43. The molecule has 0 radical (unpaired) electrons. The van der Waals surface area contributed by atoms with Crippen LogP contribution in [-0.4, -0.2) is 49.3 Å². The van der Waals surface area contributed by atoms with Crippen molar-refractivity contribution in [2.45, 2.75) is 33.2 Å². The molecule has 0 unspecified atom stereocenters. The summed E-state index contributed by atoms with van der Waals surface area (Å²) in [5.74, 6) is 0.781. The van der Waals surface area contributed by atoms with E-state index in [-0.39, 0.29) is 18.9 Å². The summed E-state index contributed by atoms with van der Waals surface area (Å²) in [6, 6.07) is 14.5. The van der Waals surface area contributed by atoms with Crippen LogP contribution in [0.15, 0.2) is 70.2 Å². The number of hydrogen-bond acceptors (Lipinski definition) is 8. The zero-order chi connectivity index (χ0) is 27.2. The number of nitrogens with one attached hydrogen (secondary N) is 1. The zero-order valence-corrected chi connectivity index (χ0v) is 23.1. The van der Waals surface area contributed by atoms with Gasteiger partial charge in [0.25, 0.3) is 0 Å². The van der Waals surface area contributed by atoms with Gasteiger partial charge in [0, 0.05) is 23.4 Å². The number of amidine groups is 1. The molecule has 4 rings (SSSR count). The Hall–Kier alpha value is -3.72. The summed E-state index contributed by atoms with van der Waals surface area (Å²) >= 11 is 1.42. The molecule has 1 N–H and O–H groups in total. The highest BCUT2D eigenvalue weighted by Crippen LogP contribution is 2.50. The SMILES string of the molecule is CCOC(=O)C1=C(c2ccccc2)N=C2SC=C(CC(=O)NCC(C)C)N2[C@@H]1c1cccc(OC)c1OC. The first-order chi connectivity index (χ1) is 18.4. The van der Waals surface area contributed by atoms with E-state index in [4.69, 9.17) is 19.2 Å². The molecular weight excluding hydrogens is 502 g/mol. The Morgan fingerprint density at radius 3 is 2.50 bits per heavy atom. The number of ether oxygens (including phenoxy) is 3. The van der Waals surface area contributed by atoms with Gasteiger partial charge in [-0.15, -0.1) is 0 Å². The number of thioether (sulfide) groups is 1. The topological polar surface area (TPSA) is 89.5 Å². The predicted octanol–water partition coefficient (Wildman–Crippen LogP) is 5.14. The standard InChI is InChI=1S/C29H33N3O5S/c1-6-37-28(34)24-25(19-11-8-7-9-12-19)31-29-32(20(17-38-29)15-23(33)30-16-18(2)3)26(24)21-13-10-14-22(35-4)27(21)36-5/h7-14,17-18,26H,6,15-16H2,1-5H3,(H,30,33)/t26-/m1/s1. The van der Waals surface area contributed by atoms with E-state index in [0.717, 1.165) is 11.3 Å². The summed E-state index contributed by atoms with van der Waals surface area (Å²) < 4.78 is 17.0. The molecule has 2 heterocycles. The molecule has 2 aromatic rings. The van der Waals surface area contributed by atoms with Crippen molar-refractivity contribution < 1.29 is 23.8 Å². The molecule has 0 aromatic heterocycles. The average Bonchev–Trinajstić information content (AvgIpc) is 3.33. The Balaban J connectivity index is 1.91. The maximum atomic E-state index is 13.7. The second-order valence-corrected chi connectivity index (χ2v) is 10.0. The molecule has 0 fully saturated rings. The molecule has 2 aromatic carbocycles. The number of carbonyl (C=O) groups is 2. The number of amides is 1. The Labute approximate surface area is 227 Å². The van der Waals surface area contributed by atoms with Crippen LogP contribution in [0.3, 0.4) is 0 Å². The second kappa shape index (κ2) is 12.2. The monoisotopic (exact) mass is 535 g/mol. The molecule has 200 valence electrons. The van der Waals surface area contributed by atoms with Crippen molar-refractivity contribution in [1.29, 1.82) is 0 Å². The molecule has 0 spiro atoms. The molecule has 0 aliphatic carbocycles. The third kappa shape index (κ3) is 5.57. The number of rotatable bonds is 10. The predicted molar refractivity (Wildman–Crippen MR) is 150 cm³/mol. The summed E-state index contributed by atoms with van der Waals surface area (Å²) in [6.07, 6.45) is 0.137. The molecule has 1 atom stereocenters. The Kier molecular flexibility index (Phi) is 8.78. The molecule has 2 aliphatic rings. The van der Waals surface area contributed by atoms with Crippen LogP contribution in [0.2, 0.25) is 0 Å². The van der Waals surface area contributed by atoms with Crippen LogP contribution < -0.4 is 14.8 Å². The minimum Gasteiger partial charge on any atom is -0.493 e. The van der Waals surface area contributed by atoms with Gasteiger partial charge >= 0.3 is 5.97 Å². The fraction of sp³-hybridized carbons (Fsp3) is 0.345. The minimum atomic E-state index is -0.666. The van der Waals surface area contributed by atoms with E-state index in [1.165, 1.54) is 11.8 Å². The van der Waals surface area contributed by atoms with Crippen molar-refractivity contribution in [1.82, 2.24) is 10.2 Å². The first kappa shape index (κ1) is 27.3. The van der Waals surface area contributed by atoms with Gasteiger partial charge in [0.2, 0.25) is 5.91 Å². The first-order valence-electron chi connectivity index (χ1n) is 12.6. The lowest BCUT2D eigenvalue weighted by Gasteiger charge is -2.37. The summed E-state index contributed by atoms with van der Waals surface area (Å²) in [6.45, 7) is 6.66. The first-order valence-corrected chi connectivity index (χ1v) is 13.4. The van der Waals surface area contributed by atoms with E-state index >= 15 is 0 Å². The molecule has 0 saturated carbocycles. The van der Waals surface area contributed by atoms with Crippen LogP contribution in [-0.2, 0) is 14.3 Å². The fourth-order valence-electron chi connectivity index (χ4n) is 4.46. The third-order valence-electron chi connectivity index (χ3n) is 6.13. The van der Waals surface area contributed by atoms with Gasteiger partial charge in [-0.2, -0.15) is 0 Å². The number of benzene rings is 2. The van der Waals surface area contributed by atoms with E-state index in [2.05, 4.69) is 5.32 Å². The average molecular weight is 536 g/mol. The summed E-state index contributed by atoms with van der Waals surface area (Å²) in [5, 5.41) is 5.57. The van der Waals surface area contributed by atoms with Crippen molar-refractivity contribution in [2.24, 2.45) is 10.9 Å². The van der Waals surface area contributed by atoms with E-state index < -0.39 is 12.0 Å². The summed E-state index contributed by atoms with van der Waals surface area (Å²) in [5.41, 5.74) is 3.12. The molecule has 1 amide bonds. The lowest BCUT2D eigenvalue weighted by atomic mass is 9.90. The van der Waals surface area contributed by atoms with E-state index in [9.17, 15) is 9.59 Å². The Morgan fingerprint density at radius 1 is 1.08 bits per heavy atom. The van der Waals surface area contributed by atoms with E-state index in [1.54, 1.807) is 27.2 Å². The van der Waals surface area contributed by atoms with Gasteiger partial charge in [-0.1, -0.05) is 68.1 Å². The largest absolute Gasteiger partial charge is 0.493 e. The normalized spacial score (nSPS) is 16.6. The van der Waals surface area contributed by atoms with Gasteiger partial charge in [-0.3, -0.25) is 4.79 Å². The smallest absolute Gasteiger partial charge is 0.338 e. The van der Waals surface area contributed by atoms with Crippen molar-refractivity contribution in [3.63, 3.8) is 0 Å². The maximum absolute atomic E-state index is 13.7. The number of carbonyl (C=O) groups excluding carboxylic acids is 2. The van der Waals surface area contributed by atoms with Gasteiger partial charge in [0.15, 0.2) is 16.7 Å². The highest BCUT2D eigenvalue weighted by atomic mass is 32.2. The Bertz CT molecular complexity index is 1290. The molecular formula is C29H33N3O5S. The zero-order valence-electron chi connectivity index (χ0n) is 22.3. The number of methoxy groups -OCH3 is 2. The van der Waals surface area contributed by atoms with Crippen LogP contribution in [0.4, 0.5) is 0 Å². The lowest BCUT2D eigenvalue weighted by molar-refractivity contribution is -0.139. The minimum absolute atomic E-state index is 0.0984. The molecule has 0 bridgehead atoms. The van der Waals surface area contributed by atoms with Crippen molar-refractivity contribution in [3.8, 4) is 11.5 Å². The van der Waals surface area contributed by atoms with Crippen LogP contribution >= 0.6 is 11.8 Å². The van der Waals surface area contributed by atoms with Crippen LogP contribution in [0.5, 0.6) is 11.5 Å². The number of hydrogen-bond donors (Lipinski definition) is 1. The van der Waals surface area contributed by atoms with Crippen LogP contribution in [0.25, 0.3) is 5.70 Å². The van der Waals surface area contributed by atoms with Gasteiger partial charge in [0.1, 0.15) is 0 Å². The van der Waals surface area contributed by atoms with Crippen molar-refractivity contribution >= 4 is 34.5 Å². The van der Waals surface area contributed by atoms with Crippen LogP contribution in [0, 0.1) is 5.92 Å². The van der Waals surface area contributed by atoms with Crippen molar-refractivity contribution in [3.05, 3.63) is 76.3 Å². The van der Waals surface area contributed by atoms with Crippen LogP contribution in [0.1, 0.15) is 44.4 Å². The van der Waals surface area contributed by atoms with Crippen molar-refractivity contribution in [2.75, 3.05) is 27.4 Å². The second-order valence-electron chi connectivity index (χ2n) is 9.20. The third-order valence-corrected chi connectivity index (χ3v) is 7.02. The van der Waals surface area contributed by atoms with Gasteiger partial charge in [-0.25, -0.2) is 9.79 Å². The number of fused-ring (bicyclic) bond motifs is 1. The summed E-state index contributed by atoms with van der Waals surface area (Å²) in [4.78, 5) is 33.4. The molecule has 0 saturated heterocycles. The van der Waals surface area contributed by atoms with E-state index in [0.29, 0.717) is 46.0 Å². The lowest BCUT2D eigenvalue weighted by Crippen LogP contribution is -2.38. The van der Waals surface area contributed by atoms with Gasteiger partial charge in [-0.05, 0) is 24.3 Å². The van der Waals surface area contributed by atoms with E-state index in [1.807, 2.05) is 66.6 Å². The highest BCUT2D eigenvalue weighted by molar-refractivity contribution is 8.16. The molecule has 38 heavy (non-hydrogen) atoms.